The Balaban J connectivity index is 2.42. The Labute approximate surface area is 78.9 Å². The van der Waals surface area contributed by atoms with Gasteiger partial charge in [0.15, 0.2) is 0 Å². The molecule has 3 heteroatoms. The molecule has 1 heterocycles. The Hall–Kier alpha value is -0.860. The normalized spacial score (nSPS) is 25.5. The van der Waals surface area contributed by atoms with Crippen molar-refractivity contribution in [2.24, 2.45) is 11.8 Å². The van der Waals surface area contributed by atoms with Crippen molar-refractivity contribution >= 4 is 11.8 Å². The van der Waals surface area contributed by atoms with Crippen molar-refractivity contribution in [2.45, 2.75) is 39.5 Å². The third kappa shape index (κ3) is 2.83. The zero-order valence-corrected chi connectivity index (χ0v) is 8.30. The first-order valence-corrected chi connectivity index (χ1v) is 4.97. The topological polar surface area (TPSA) is 46.2 Å². The van der Waals surface area contributed by atoms with E-state index < -0.39 is 0 Å². The maximum Gasteiger partial charge on any atom is 0.229 e. The van der Waals surface area contributed by atoms with Crippen LogP contribution in [0.1, 0.15) is 39.5 Å². The zero-order valence-electron chi connectivity index (χ0n) is 8.30. The van der Waals surface area contributed by atoms with Gasteiger partial charge < -0.3 is 0 Å². The number of hydrogen-bond acceptors (Lipinski definition) is 2. The molecule has 1 fully saturated rings. The summed E-state index contributed by atoms with van der Waals surface area (Å²) in [5.41, 5.74) is 0. The standard InChI is InChI=1S/C10H17NO2/c1-3-7(2)6-8-4-5-9(12)11-10(8)13/h7-8H,3-6H2,1-2H3,(H,11,12,13). The summed E-state index contributed by atoms with van der Waals surface area (Å²) >= 11 is 0. The van der Waals surface area contributed by atoms with Gasteiger partial charge in [-0.2, -0.15) is 0 Å². The zero-order chi connectivity index (χ0) is 9.84. The van der Waals surface area contributed by atoms with Crippen LogP contribution in [0.5, 0.6) is 0 Å². The quantitative estimate of drug-likeness (QED) is 0.673. The summed E-state index contributed by atoms with van der Waals surface area (Å²) in [6, 6.07) is 0. The number of amides is 2. The Morgan fingerprint density at radius 1 is 1.54 bits per heavy atom. The van der Waals surface area contributed by atoms with Crippen molar-refractivity contribution in [2.75, 3.05) is 0 Å². The summed E-state index contributed by atoms with van der Waals surface area (Å²) in [5, 5.41) is 2.38. The van der Waals surface area contributed by atoms with Crippen LogP contribution in [0, 0.1) is 11.8 Å². The molecule has 1 saturated heterocycles. The van der Waals surface area contributed by atoms with Gasteiger partial charge in [0.05, 0.1) is 0 Å². The molecule has 0 aromatic heterocycles. The van der Waals surface area contributed by atoms with E-state index in [-0.39, 0.29) is 17.7 Å². The van der Waals surface area contributed by atoms with Gasteiger partial charge in [0.2, 0.25) is 11.8 Å². The number of carbonyl (C=O) groups excluding carboxylic acids is 2. The van der Waals surface area contributed by atoms with E-state index in [1.54, 1.807) is 0 Å². The second-order valence-electron chi connectivity index (χ2n) is 3.90. The van der Waals surface area contributed by atoms with E-state index in [0.717, 1.165) is 19.3 Å². The van der Waals surface area contributed by atoms with Crippen molar-refractivity contribution in [1.29, 1.82) is 0 Å². The number of hydrogen-bond donors (Lipinski definition) is 1. The van der Waals surface area contributed by atoms with Gasteiger partial charge in [0, 0.05) is 12.3 Å². The number of rotatable bonds is 3. The molecule has 1 rings (SSSR count). The molecule has 0 spiro atoms. The lowest BCUT2D eigenvalue weighted by atomic mass is 9.88. The van der Waals surface area contributed by atoms with Crippen LogP contribution in [0.25, 0.3) is 0 Å². The van der Waals surface area contributed by atoms with Crippen molar-refractivity contribution < 1.29 is 9.59 Å². The minimum absolute atomic E-state index is 0.0626. The van der Waals surface area contributed by atoms with E-state index in [0.29, 0.717) is 12.3 Å². The molecular weight excluding hydrogens is 166 g/mol. The highest BCUT2D eigenvalue weighted by Crippen LogP contribution is 2.22. The molecule has 0 aromatic rings. The van der Waals surface area contributed by atoms with Gasteiger partial charge >= 0.3 is 0 Å². The summed E-state index contributed by atoms with van der Waals surface area (Å²) in [7, 11) is 0. The summed E-state index contributed by atoms with van der Waals surface area (Å²) in [6.45, 7) is 4.26. The molecule has 2 amide bonds. The maximum atomic E-state index is 11.3. The minimum Gasteiger partial charge on any atom is -0.296 e. The molecular formula is C10H17NO2. The number of carbonyl (C=O) groups is 2. The summed E-state index contributed by atoms with van der Waals surface area (Å²) in [4.78, 5) is 22.2. The van der Waals surface area contributed by atoms with Crippen LogP contribution in [0.2, 0.25) is 0 Å². The molecule has 0 saturated carbocycles. The molecule has 1 aliphatic rings. The molecule has 74 valence electrons. The highest BCUT2D eigenvalue weighted by atomic mass is 16.2. The van der Waals surface area contributed by atoms with Gasteiger partial charge in [-0.1, -0.05) is 20.3 Å². The van der Waals surface area contributed by atoms with Gasteiger partial charge in [-0.15, -0.1) is 0 Å². The molecule has 2 unspecified atom stereocenters. The second-order valence-corrected chi connectivity index (χ2v) is 3.90. The Morgan fingerprint density at radius 2 is 2.23 bits per heavy atom. The van der Waals surface area contributed by atoms with Crippen molar-refractivity contribution in [3.63, 3.8) is 0 Å². The van der Waals surface area contributed by atoms with Crippen LogP contribution >= 0.6 is 0 Å². The van der Waals surface area contributed by atoms with Crippen LogP contribution < -0.4 is 5.32 Å². The number of piperidine rings is 1. The maximum absolute atomic E-state index is 11.3. The Kier molecular flexibility index (Phi) is 3.46. The average Bonchev–Trinajstić information content (AvgIpc) is 2.09. The molecule has 13 heavy (non-hydrogen) atoms. The summed E-state index contributed by atoms with van der Waals surface area (Å²) in [5.74, 6) is 0.443. The number of nitrogens with one attached hydrogen (secondary N) is 1. The highest BCUT2D eigenvalue weighted by molar-refractivity contribution is 5.98. The van der Waals surface area contributed by atoms with Crippen LogP contribution in [0.15, 0.2) is 0 Å². The molecule has 0 radical (unpaired) electrons. The van der Waals surface area contributed by atoms with Crippen molar-refractivity contribution in [3.8, 4) is 0 Å². The largest absolute Gasteiger partial charge is 0.296 e. The number of imide groups is 1. The molecule has 0 aromatic carbocycles. The van der Waals surface area contributed by atoms with Crippen LogP contribution in [0.4, 0.5) is 0 Å². The first kappa shape index (κ1) is 10.2. The van der Waals surface area contributed by atoms with E-state index >= 15 is 0 Å². The minimum atomic E-state index is -0.120. The third-order valence-electron chi connectivity index (χ3n) is 2.74. The summed E-state index contributed by atoms with van der Waals surface area (Å²) < 4.78 is 0. The predicted molar refractivity (Wildman–Crippen MR) is 49.9 cm³/mol. The highest BCUT2D eigenvalue weighted by Gasteiger charge is 2.27. The van der Waals surface area contributed by atoms with E-state index in [2.05, 4.69) is 19.2 Å². The lowest BCUT2D eigenvalue weighted by Crippen LogP contribution is -2.41. The van der Waals surface area contributed by atoms with Crippen LogP contribution in [0.3, 0.4) is 0 Å². The van der Waals surface area contributed by atoms with Crippen molar-refractivity contribution in [1.82, 2.24) is 5.32 Å². The van der Waals surface area contributed by atoms with Gasteiger partial charge in [-0.05, 0) is 18.8 Å². The predicted octanol–water partition coefficient (Wildman–Crippen LogP) is 1.48. The Bertz CT molecular complexity index is 213. The molecule has 2 atom stereocenters. The average molecular weight is 183 g/mol. The van der Waals surface area contributed by atoms with Crippen molar-refractivity contribution in [3.05, 3.63) is 0 Å². The molecule has 0 bridgehead atoms. The SMILES string of the molecule is CCC(C)CC1CCC(=O)NC1=O. The van der Waals surface area contributed by atoms with E-state index in [1.807, 2.05) is 0 Å². The van der Waals surface area contributed by atoms with Gasteiger partial charge in [-0.25, -0.2) is 0 Å². The van der Waals surface area contributed by atoms with Gasteiger partial charge in [0.25, 0.3) is 0 Å². The van der Waals surface area contributed by atoms with E-state index in [4.69, 9.17) is 0 Å². The fraction of sp³-hybridized carbons (Fsp3) is 0.800. The summed E-state index contributed by atoms with van der Waals surface area (Å²) in [6.07, 6.45) is 3.25. The molecule has 1 aliphatic heterocycles. The van der Waals surface area contributed by atoms with Crippen LogP contribution in [-0.4, -0.2) is 11.8 Å². The molecule has 0 aliphatic carbocycles. The van der Waals surface area contributed by atoms with Gasteiger partial charge in [-0.3, -0.25) is 14.9 Å². The Morgan fingerprint density at radius 3 is 2.77 bits per heavy atom. The van der Waals surface area contributed by atoms with E-state index in [1.165, 1.54) is 0 Å². The lowest BCUT2D eigenvalue weighted by molar-refractivity contribution is -0.136. The smallest absolute Gasteiger partial charge is 0.229 e. The molecule has 3 nitrogen and oxygen atoms in total. The van der Waals surface area contributed by atoms with E-state index in [9.17, 15) is 9.59 Å². The monoisotopic (exact) mass is 183 g/mol. The van der Waals surface area contributed by atoms with Crippen LogP contribution in [-0.2, 0) is 9.59 Å². The fourth-order valence-corrected chi connectivity index (χ4v) is 1.62. The lowest BCUT2D eigenvalue weighted by Gasteiger charge is -2.22. The fourth-order valence-electron chi connectivity index (χ4n) is 1.62. The third-order valence-corrected chi connectivity index (χ3v) is 2.74. The first-order chi connectivity index (χ1) is 6.13. The van der Waals surface area contributed by atoms with Gasteiger partial charge in [0.1, 0.15) is 0 Å². The molecule has 1 N–H and O–H groups in total. The first-order valence-electron chi connectivity index (χ1n) is 4.97. The second kappa shape index (κ2) is 4.40.